The molecular weight excluding hydrogens is 212 g/mol. The van der Waals surface area contributed by atoms with Gasteiger partial charge in [-0.3, -0.25) is 0 Å². The number of hydrogen-bond donors (Lipinski definition) is 1. The minimum atomic E-state index is 0.104. The van der Waals surface area contributed by atoms with E-state index >= 15 is 0 Å². The second-order valence-corrected chi connectivity index (χ2v) is 3.87. The first-order chi connectivity index (χ1) is 8.33. The Labute approximate surface area is 101 Å². The van der Waals surface area contributed by atoms with Gasteiger partial charge in [-0.05, 0) is 24.1 Å². The molecule has 0 saturated heterocycles. The fourth-order valence-electron chi connectivity index (χ4n) is 1.63. The van der Waals surface area contributed by atoms with Crippen molar-refractivity contribution in [3.8, 4) is 5.69 Å². The molecule has 1 aromatic carbocycles. The average molecular weight is 228 g/mol. The highest BCUT2D eigenvalue weighted by molar-refractivity contribution is 5.52. The monoisotopic (exact) mass is 228 g/mol. The second-order valence-electron chi connectivity index (χ2n) is 3.87. The average Bonchev–Trinajstić information content (AvgIpc) is 2.85. The van der Waals surface area contributed by atoms with E-state index < -0.39 is 0 Å². The van der Waals surface area contributed by atoms with Gasteiger partial charge in [0.15, 0.2) is 0 Å². The molecule has 0 aliphatic heterocycles. The zero-order valence-corrected chi connectivity index (χ0v) is 9.87. The van der Waals surface area contributed by atoms with Crippen LogP contribution in [0.15, 0.2) is 48.3 Å². The number of nitrogens with zero attached hydrogens (tertiary/aromatic N) is 2. The topological polar surface area (TPSA) is 38.0 Å². The molecule has 0 unspecified atom stereocenters. The second kappa shape index (κ2) is 5.46. The molecule has 2 rings (SSSR count). The van der Waals surface area contributed by atoms with Gasteiger partial charge in [0.05, 0.1) is 18.5 Å². The van der Waals surface area contributed by atoms with E-state index in [1.54, 1.807) is 6.20 Å². The Balaban J connectivity index is 2.25. The Kier molecular flexibility index (Phi) is 3.73. The van der Waals surface area contributed by atoms with Gasteiger partial charge >= 0.3 is 0 Å². The molecule has 1 heterocycles. The van der Waals surface area contributed by atoms with E-state index in [2.05, 4.69) is 5.10 Å². The van der Waals surface area contributed by atoms with Gasteiger partial charge in [0.1, 0.15) is 0 Å². The molecular formula is C14H16N2O. The van der Waals surface area contributed by atoms with E-state index in [9.17, 15) is 0 Å². The molecule has 0 fully saturated rings. The van der Waals surface area contributed by atoms with Crippen LogP contribution < -0.4 is 0 Å². The largest absolute Gasteiger partial charge is 0.392 e. The number of rotatable bonds is 4. The highest BCUT2D eigenvalue weighted by Gasteiger charge is 1.99. The van der Waals surface area contributed by atoms with Gasteiger partial charge in [-0.2, -0.15) is 5.10 Å². The third kappa shape index (κ3) is 2.82. The van der Waals surface area contributed by atoms with Crippen molar-refractivity contribution in [1.82, 2.24) is 9.78 Å². The van der Waals surface area contributed by atoms with E-state index in [1.165, 1.54) is 0 Å². The molecule has 0 amide bonds. The molecule has 0 spiro atoms. The van der Waals surface area contributed by atoms with E-state index in [1.807, 2.05) is 54.2 Å². The van der Waals surface area contributed by atoms with Crippen molar-refractivity contribution in [3.63, 3.8) is 0 Å². The lowest BCUT2D eigenvalue weighted by Gasteiger charge is -1.99. The fourth-order valence-corrected chi connectivity index (χ4v) is 1.63. The van der Waals surface area contributed by atoms with E-state index in [4.69, 9.17) is 5.11 Å². The maximum atomic E-state index is 9.12. The fraction of sp³-hybridized carbons (Fsp3) is 0.214. The molecule has 3 heteroatoms. The van der Waals surface area contributed by atoms with Crippen molar-refractivity contribution in [3.05, 3.63) is 53.9 Å². The van der Waals surface area contributed by atoms with Crippen LogP contribution >= 0.6 is 0 Å². The van der Waals surface area contributed by atoms with Crippen LogP contribution in [0.2, 0.25) is 0 Å². The predicted molar refractivity (Wildman–Crippen MR) is 68.9 cm³/mol. The molecule has 2 aromatic rings. The Bertz CT molecular complexity index is 494. The molecule has 0 atom stereocenters. The first-order valence-electron chi connectivity index (χ1n) is 5.74. The summed E-state index contributed by atoms with van der Waals surface area (Å²) in [7, 11) is 0. The lowest BCUT2D eigenvalue weighted by atomic mass is 10.1. The van der Waals surface area contributed by atoms with Crippen LogP contribution in [-0.2, 0) is 0 Å². The maximum Gasteiger partial charge on any atom is 0.0645 e. The molecule has 17 heavy (non-hydrogen) atoms. The van der Waals surface area contributed by atoms with Crippen molar-refractivity contribution in [2.45, 2.75) is 13.3 Å². The number of para-hydroxylation sites is 1. The van der Waals surface area contributed by atoms with Crippen LogP contribution in [-0.4, -0.2) is 21.5 Å². The van der Waals surface area contributed by atoms with Crippen LogP contribution in [0, 0.1) is 0 Å². The minimum absolute atomic E-state index is 0.104. The third-order valence-electron chi connectivity index (χ3n) is 2.65. The lowest BCUT2D eigenvalue weighted by molar-refractivity contribution is 0.329. The van der Waals surface area contributed by atoms with Gasteiger partial charge in [-0.25, -0.2) is 4.68 Å². The maximum absolute atomic E-state index is 9.12. The molecule has 0 bridgehead atoms. The van der Waals surface area contributed by atoms with Crippen molar-refractivity contribution >= 4 is 6.08 Å². The molecule has 0 aliphatic carbocycles. The normalized spacial score (nSPS) is 11.8. The minimum Gasteiger partial charge on any atom is -0.392 e. The lowest BCUT2D eigenvalue weighted by Crippen LogP contribution is -1.92. The first-order valence-corrected chi connectivity index (χ1v) is 5.74. The molecule has 0 saturated carbocycles. The van der Waals surface area contributed by atoms with Crippen molar-refractivity contribution < 1.29 is 5.11 Å². The van der Waals surface area contributed by atoms with E-state index in [-0.39, 0.29) is 6.61 Å². The van der Waals surface area contributed by atoms with Gasteiger partial charge in [-0.15, -0.1) is 0 Å². The van der Waals surface area contributed by atoms with Crippen LogP contribution in [0.5, 0.6) is 0 Å². The van der Waals surface area contributed by atoms with Crippen molar-refractivity contribution in [2.24, 2.45) is 0 Å². The van der Waals surface area contributed by atoms with Gasteiger partial charge < -0.3 is 5.11 Å². The summed E-state index contributed by atoms with van der Waals surface area (Å²) >= 11 is 0. The van der Waals surface area contributed by atoms with Gasteiger partial charge in [0.2, 0.25) is 0 Å². The van der Waals surface area contributed by atoms with E-state index in [0.29, 0.717) is 0 Å². The summed E-state index contributed by atoms with van der Waals surface area (Å²) in [5, 5.41) is 13.4. The summed E-state index contributed by atoms with van der Waals surface area (Å²) in [6.07, 6.45) is 6.60. The Morgan fingerprint density at radius 3 is 2.76 bits per heavy atom. The Morgan fingerprint density at radius 2 is 2.12 bits per heavy atom. The zero-order chi connectivity index (χ0) is 12.1. The highest BCUT2D eigenvalue weighted by atomic mass is 16.3. The summed E-state index contributed by atoms with van der Waals surface area (Å²) in [6, 6.07) is 9.96. The number of aliphatic hydroxyl groups excluding tert-OH is 1. The molecule has 3 nitrogen and oxygen atoms in total. The van der Waals surface area contributed by atoms with Gasteiger partial charge in [-0.1, -0.05) is 31.2 Å². The number of benzene rings is 1. The summed E-state index contributed by atoms with van der Waals surface area (Å²) in [5.41, 5.74) is 3.06. The van der Waals surface area contributed by atoms with Crippen LogP contribution in [0.4, 0.5) is 0 Å². The molecule has 1 aromatic heterocycles. The van der Waals surface area contributed by atoms with Crippen LogP contribution in [0.3, 0.4) is 0 Å². The summed E-state index contributed by atoms with van der Waals surface area (Å²) in [5.74, 6) is 0. The smallest absolute Gasteiger partial charge is 0.0645 e. The van der Waals surface area contributed by atoms with Crippen LogP contribution in [0.1, 0.15) is 18.9 Å². The van der Waals surface area contributed by atoms with Gasteiger partial charge in [0.25, 0.3) is 0 Å². The molecule has 1 N–H and O–H groups in total. The molecule has 88 valence electrons. The zero-order valence-electron chi connectivity index (χ0n) is 9.87. The van der Waals surface area contributed by atoms with Crippen molar-refractivity contribution in [1.29, 1.82) is 0 Å². The first kappa shape index (κ1) is 11.6. The number of aromatic nitrogens is 2. The van der Waals surface area contributed by atoms with E-state index in [0.717, 1.165) is 23.2 Å². The predicted octanol–water partition coefficient (Wildman–Crippen LogP) is 2.66. The SMILES string of the molecule is CCC(=Cc1cnn(-c2ccccc2)c1)CO. The Hall–Kier alpha value is -1.87. The number of hydrogen-bond acceptors (Lipinski definition) is 2. The summed E-state index contributed by atoms with van der Waals surface area (Å²) in [6.45, 7) is 2.14. The molecule has 0 aliphatic rings. The third-order valence-corrected chi connectivity index (χ3v) is 2.65. The van der Waals surface area contributed by atoms with Crippen molar-refractivity contribution in [2.75, 3.05) is 6.61 Å². The van der Waals surface area contributed by atoms with Crippen LogP contribution in [0.25, 0.3) is 11.8 Å². The summed E-state index contributed by atoms with van der Waals surface area (Å²) < 4.78 is 1.83. The molecule has 0 radical (unpaired) electrons. The standard InChI is InChI=1S/C14H16N2O/c1-2-12(11-17)8-13-9-15-16(10-13)14-6-4-3-5-7-14/h3-10,17H,2,11H2,1H3. The number of aliphatic hydroxyl groups is 1. The Morgan fingerprint density at radius 1 is 1.35 bits per heavy atom. The highest BCUT2D eigenvalue weighted by Crippen LogP contribution is 2.11. The summed E-state index contributed by atoms with van der Waals surface area (Å²) in [4.78, 5) is 0. The quantitative estimate of drug-likeness (QED) is 0.873. The van der Waals surface area contributed by atoms with Gasteiger partial charge in [0, 0.05) is 11.8 Å².